The molecule has 2 aliphatic heterocycles. The number of hydrogen-bond donors (Lipinski definition) is 2. The lowest BCUT2D eigenvalue weighted by Gasteiger charge is -2.40. The Bertz CT molecular complexity index is 1250. The van der Waals surface area contributed by atoms with Gasteiger partial charge in [0.1, 0.15) is 23.6 Å². The summed E-state index contributed by atoms with van der Waals surface area (Å²) < 4.78 is 13.8. The van der Waals surface area contributed by atoms with Crippen LogP contribution < -0.4 is 15.4 Å². The van der Waals surface area contributed by atoms with Crippen molar-refractivity contribution in [2.75, 3.05) is 18.5 Å². The van der Waals surface area contributed by atoms with E-state index in [1.54, 1.807) is 16.8 Å². The summed E-state index contributed by atoms with van der Waals surface area (Å²) in [6.07, 6.45) is 7.16. The second kappa shape index (κ2) is 8.14. The van der Waals surface area contributed by atoms with Gasteiger partial charge in [-0.2, -0.15) is 10.4 Å². The van der Waals surface area contributed by atoms with Crippen LogP contribution in [-0.2, 0) is 9.53 Å². The molecule has 2 saturated heterocycles. The average Bonchev–Trinajstić information content (AvgIpc) is 3.59. The highest BCUT2D eigenvalue weighted by atomic mass is 16.5. The first kappa shape index (κ1) is 20.1. The molecule has 2 N–H and O–H groups in total. The van der Waals surface area contributed by atoms with E-state index in [4.69, 9.17) is 9.47 Å². The minimum absolute atomic E-state index is 0.0271. The van der Waals surface area contributed by atoms with E-state index >= 15 is 0 Å². The molecule has 0 radical (unpaired) electrons. The Morgan fingerprint density at radius 1 is 1.24 bits per heavy atom. The number of amides is 1. The minimum Gasteiger partial charge on any atom is -0.488 e. The molecule has 3 aromatic heterocycles. The van der Waals surface area contributed by atoms with Gasteiger partial charge in [0.2, 0.25) is 5.91 Å². The Morgan fingerprint density at radius 2 is 2.06 bits per heavy atom. The van der Waals surface area contributed by atoms with Gasteiger partial charge in [-0.05, 0) is 36.6 Å². The molecule has 1 aliphatic carbocycles. The molecule has 1 amide bonds. The van der Waals surface area contributed by atoms with Crippen molar-refractivity contribution in [1.82, 2.24) is 19.9 Å². The molecule has 3 aliphatic rings. The molecule has 9 heteroatoms. The standard InChI is InChI=1S/C24H24N6O3/c25-10-16-8-21(22(11-26-16)33-20-6-17-12-32-13-18(7-20)27-17)15-3-4-30-19(5-15)9-23(29-30)28-24(31)14-1-2-14/h3-5,8-9,11,14,17-18,20,27H,1-2,6-7,12-13H2,(H,28,29,31)/t17-,18+,20-. The quantitative estimate of drug-likeness (QED) is 0.622. The van der Waals surface area contributed by atoms with E-state index < -0.39 is 0 Å². The van der Waals surface area contributed by atoms with Crippen molar-refractivity contribution in [2.24, 2.45) is 5.92 Å². The van der Waals surface area contributed by atoms with Gasteiger partial charge in [-0.25, -0.2) is 9.50 Å². The molecular formula is C24H24N6O3. The number of hydrogen-bond acceptors (Lipinski definition) is 7. The summed E-state index contributed by atoms with van der Waals surface area (Å²) in [7, 11) is 0. The third-order valence-corrected chi connectivity index (χ3v) is 6.45. The zero-order valence-electron chi connectivity index (χ0n) is 18.0. The fourth-order valence-electron chi connectivity index (χ4n) is 4.68. The first-order valence-electron chi connectivity index (χ1n) is 11.4. The summed E-state index contributed by atoms with van der Waals surface area (Å²) in [5.41, 5.74) is 2.88. The highest BCUT2D eigenvalue weighted by Gasteiger charge is 2.33. The fourth-order valence-corrected chi connectivity index (χ4v) is 4.68. The van der Waals surface area contributed by atoms with Gasteiger partial charge in [0.25, 0.3) is 0 Å². The van der Waals surface area contributed by atoms with E-state index in [0.29, 0.717) is 42.6 Å². The van der Waals surface area contributed by atoms with Gasteiger partial charge >= 0.3 is 0 Å². The summed E-state index contributed by atoms with van der Waals surface area (Å²) >= 11 is 0. The molecule has 3 aromatic rings. The van der Waals surface area contributed by atoms with Crippen LogP contribution >= 0.6 is 0 Å². The normalized spacial score (nSPS) is 24.3. The molecule has 3 atom stereocenters. The maximum Gasteiger partial charge on any atom is 0.228 e. The molecule has 6 rings (SSSR count). The van der Waals surface area contributed by atoms with Crippen LogP contribution in [0.2, 0.25) is 0 Å². The summed E-state index contributed by atoms with van der Waals surface area (Å²) in [5.74, 6) is 1.34. The Balaban J connectivity index is 1.30. The second-order valence-electron chi connectivity index (χ2n) is 9.06. The highest BCUT2D eigenvalue weighted by Crippen LogP contribution is 2.34. The van der Waals surface area contributed by atoms with Crippen molar-refractivity contribution in [3.05, 3.63) is 42.4 Å². The van der Waals surface area contributed by atoms with Crippen LogP contribution in [0.4, 0.5) is 5.82 Å². The topological polar surface area (TPSA) is 114 Å². The number of aromatic nitrogens is 3. The summed E-state index contributed by atoms with van der Waals surface area (Å²) in [6, 6.07) is 10.2. The SMILES string of the molecule is N#Cc1cc(-c2ccn3nc(NC(=O)C4CC4)cc3c2)c(O[C@H]2C[C@H]3COC[C@@H](C2)N3)cn1. The van der Waals surface area contributed by atoms with Crippen molar-refractivity contribution in [3.8, 4) is 22.9 Å². The molecule has 5 heterocycles. The monoisotopic (exact) mass is 444 g/mol. The van der Waals surface area contributed by atoms with Gasteiger partial charge in [0.15, 0.2) is 5.82 Å². The molecule has 3 fully saturated rings. The zero-order valence-corrected chi connectivity index (χ0v) is 18.0. The van der Waals surface area contributed by atoms with Gasteiger partial charge in [-0.15, -0.1) is 0 Å². The van der Waals surface area contributed by atoms with Gasteiger partial charge in [-0.1, -0.05) is 0 Å². The Morgan fingerprint density at radius 3 is 2.82 bits per heavy atom. The summed E-state index contributed by atoms with van der Waals surface area (Å²) in [6.45, 7) is 1.40. The molecule has 1 saturated carbocycles. The van der Waals surface area contributed by atoms with Crippen LogP contribution in [0.1, 0.15) is 31.4 Å². The summed E-state index contributed by atoms with van der Waals surface area (Å²) in [4.78, 5) is 16.3. The van der Waals surface area contributed by atoms with Crippen molar-refractivity contribution < 1.29 is 14.3 Å². The van der Waals surface area contributed by atoms with Crippen LogP contribution in [0.3, 0.4) is 0 Å². The number of pyridine rings is 2. The first-order chi connectivity index (χ1) is 16.1. The average molecular weight is 444 g/mol. The van der Waals surface area contributed by atoms with E-state index in [0.717, 1.165) is 42.3 Å². The van der Waals surface area contributed by atoms with Crippen LogP contribution in [0, 0.1) is 17.2 Å². The number of morpholine rings is 1. The lowest BCUT2D eigenvalue weighted by atomic mass is 9.94. The largest absolute Gasteiger partial charge is 0.488 e. The number of carbonyl (C=O) groups excluding carboxylic acids is 1. The number of carbonyl (C=O) groups is 1. The maximum atomic E-state index is 12.1. The third kappa shape index (κ3) is 4.15. The number of anilines is 1. The zero-order chi connectivity index (χ0) is 22.4. The minimum atomic E-state index is 0.0271. The Hall–Kier alpha value is -3.48. The smallest absolute Gasteiger partial charge is 0.228 e. The van der Waals surface area contributed by atoms with Gasteiger partial charge in [0.05, 0.1) is 24.9 Å². The Kier molecular flexibility index (Phi) is 4.97. The van der Waals surface area contributed by atoms with E-state index in [9.17, 15) is 10.1 Å². The number of fused-ring (bicyclic) bond motifs is 3. The molecule has 0 unspecified atom stereocenters. The predicted octanol–water partition coefficient (Wildman–Crippen LogP) is 2.51. The van der Waals surface area contributed by atoms with Crippen molar-refractivity contribution in [1.29, 1.82) is 5.26 Å². The number of rotatable bonds is 5. The Labute approximate surface area is 190 Å². The molecule has 168 valence electrons. The third-order valence-electron chi connectivity index (χ3n) is 6.45. The molecule has 33 heavy (non-hydrogen) atoms. The molecule has 2 bridgehead atoms. The predicted molar refractivity (Wildman–Crippen MR) is 120 cm³/mol. The fraction of sp³-hybridized carbons (Fsp3) is 0.417. The molecule has 9 nitrogen and oxygen atoms in total. The molecule has 0 spiro atoms. The lowest BCUT2D eigenvalue weighted by Crippen LogP contribution is -2.56. The number of ether oxygens (including phenoxy) is 2. The van der Waals surface area contributed by atoms with E-state index in [1.165, 1.54) is 0 Å². The van der Waals surface area contributed by atoms with Crippen molar-refractivity contribution >= 4 is 17.2 Å². The molecular weight excluding hydrogens is 420 g/mol. The van der Waals surface area contributed by atoms with Gasteiger partial charge in [0, 0.05) is 48.7 Å². The molecule has 0 aromatic carbocycles. The highest BCUT2D eigenvalue weighted by molar-refractivity contribution is 5.93. The van der Waals surface area contributed by atoms with E-state index in [-0.39, 0.29) is 17.9 Å². The maximum absolute atomic E-state index is 12.1. The number of nitrogens with one attached hydrogen (secondary N) is 2. The van der Waals surface area contributed by atoms with E-state index in [1.807, 2.05) is 24.4 Å². The van der Waals surface area contributed by atoms with E-state index in [2.05, 4.69) is 26.8 Å². The van der Waals surface area contributed by atoms with Crippen LogP contribution in [-0.4, -0.2) is 51.9 Å². The first-order valence-corrected chi connectivity index (χ1v) is 11.4. The number of nitrogens with zero attached hydrogens (tertiary/aromatic N) is 4. The van der Waals surface area contributed by atoms with Crippen molar-refractivity contribution in [3.63, 3.8) is 0 Å². The lowest BCUT2D eigenvalue weighted by molar-refractivity contribution is -0.117. The van der Waals surface area contributed by atoms with Crippen LogP contribution in [0.15, 0.2) is 36.7 Å². The van der Waals surface area contributed by atoms with Crippen LogP contribution in [0.5, 0.6) is 5.75 Å². The second-order valence-corrected chi connectivity index (χ2v) is 9.06. The summed E-state index contributed by atoms with van der Waals surface area (Å²) in [5, 5.41) is 20.3. The van der Waals surface area contributed by atoms with Crippen LogP contribution in [0.25, 0.3) is 16.6 Å². The number of piperidine rings is 1. The van der Waals surface area contributed by atoms with Crippen molar-refractivity contribution in [2.45, 2.75) is 43.9 Å². The van der Waals surface area contributed by atoms with Gasteiger partial charge < -0.3 is 20.1 Å². The van der Waals surface area contributed by atoms with Gasteiger partial charge in [-0.3, -0.25) is 4.79 Å². The number of nitriles is 1.